The summed E-state index contributed by atoms with van der Waals surface area (Å²) in [7, 11) is -3.20. The topological polar surface area (TPSA) is 46.2 Å². The smallest absolute Gasteiger partial charge is 0.180 e. The molecule has 0 aromatic heterocycles. The van der Waals surface area contributed by atoms with Crippen LogP contribution in [0.5, 0.6) is 0 Å². The molecule has 94 valence electrons. The van der Waals surface area contributed by atoms with Crippen LogP contribution >= 0.6 is 15.9 Å². The van der Waals surface area contributed by atoms with E-state index in [1.807, 2.05) is 13.0 Å². The summed E-state index contributed by atoms with van der Waals surface area (Å²) in [6.07, 6.45) is 0.613. The van der Waals surface area contributed by atoms with Crippen LogP contribution in [0.15, 0.2) is 40.2 Å². The van der Waals surface area contributed by atoms with Crippen molar-refractivity contribution in [1.82, 2.24) is 0 Å². The van der Waals surface area contributed by atoms with Crippen molar-refractivity contribution >= 4 is 31.5 Å². The fourth-order valence-corrected chi connectivity index (χ4v) is 3.11. The highest BCUT2D eigenvalue weighted by Crippen LogP contribution is 2.23. The van der Waals surface area contributed by atoms with Gasteiger partial charge in [0.15, 0.2) is 9.84 Å². The molecular formula is C12H16BrNO2S. The molecule has 1 aromatic rings. The zero-order valence-corrected chi connectivity index (χ0v) is 12.1. The largest absolute Gasteiger partial charge is 0.379 e. The number of benzene rings is 1. The number of hydrogen-bond donors (Lipinski definition) is 1. The molecule has 0 aliphatic heterocycles. The van der Waals surface area contributed by atoms with Gasteiger partial charge in [0.25, 0.3) is 0 Å². The molecule has 1 aromatic carbocycles. The van der Waals surface area contributed by atoms with Crippen molar-refractivity contribution in [3.63, 3.8) is 0 Å². The van der Waals surface area contributed by atoms with Crippen molar-refractivity contribution in [1.29, 1.82) is 0 Å². The van der Waals surface area contributed by atoms with Gasteiger partial charge in [-0.15, -0.1) is 0 Å². The number of nitrogens with one attached hydrogen (secondary N) is 1. The molecular weight excluding hydrogens is 302 g/mol. The molecule has 0 fully saturated rings. The van der Waals surface area contributed by atoms with Crippen LogP contribution in [0.4, 0.5) is 5.69 Å². The van der Waals surface area contributed by atoms with E-state index >= 15 is 0 Å². The molecule has 0 heterocycles. The van der Waals surface area contributed by atoms with Gasteiger partial charge in [0.2, 0.25) is 0 Å². The van der Waals surface area contributed by atoms with Crippen LogP contribution in [0, 0.1) is 0 Å². The average Bonchev–Trinajstić information content (AvgIpc) is 2.26. The number of para-hydroxylation sites is 1. The lowest BCUT2D eigenvalue weighted by Gasteiger charge is -2.11. The lowest BCUT2D eigenvalue weighted by atomic mass is 10.3. The normalized spacial score (nSPS) is 11.2. The van der Waals surface area contributed by atoms with E-state index in [2.05, 4.69) is 27.8 Å². The molecule has 1 rings (SSSR count). The highest BCUT2D eigenvalue weighted by molar-refractivity contribution is 9.11. The Bertz CT molecular complexity index is 497. The average molecular weight is 318 g/mol. The van der Waals surface area contributed by atoms with Crippen LogP contribution in [-0.2, 0) is 9.84 Å². The number of sulfone groups is 1. The molecule has 0 saturated heterocycles. The lowest BCUT2D eigenvalue weighted by Crippen LogP contribution is -2.10. The first-order valence-electron chi connectivity index (χ1n) is 5.36. The van der Waals surface area contributed by atoms with Gasteiger partial charge < -0.3 is 5.32 Å². The summed E-state index contributed by atoms with van der Waals surface area (Å²) in [6.45, 7) is 6.06. The predicted octanol–water partition coefficient (Wildman–Crippen LogP) is 3.19. The van der Waals surface area contributed by atoms with Crippen molar-refractivity contribution in [2.45, 2.75) is 18.2 Å². The molecule has 0 bridgehead atoms. The molecule has 0 spiro atoms. The molecule has 0 amide bonds. The number of anilines is 1. The highest BCUT2D eigenvalue weighted by Gasteiger charge is 2.16. The van der Waals surface area contributed by atoms with Crippen LogP contribution in [0.25, 0.3) is 0 Å². The molecule has 0 aliphatic carbocycles. The van der Waals surface area contributed by atoms with E-state index in [4.69, 9.17) is 0 Å². The van der Waals surface area contributed by atoms with Crippen molar-refractivity contribution in [3.8, 4) is 0 Å². The third-order valence-electron chi connectivity index (χ3n) is 2.17. The minimum Gasteiger partial charge on any atom is -0.379 e. The highest BCUT2D eigenvalue weighted by atomic mass is 79.9. The molecule has 17 heavy (non-hydrogen) atoms. The van der Waals surface area contributed by atoms with Gasteiger partial charge in [-0.1, -0.05) is 41.6 Å². The molecule has 1 N–H and O–H groups in total. The Morgan fingerprint density at radius 3 is 2.65 bits per heavy atom. The third-order valence-corrected chi connectivity index (χ3v) is 4.42. The number of rotatable bonds is 6. The fraction of sp³-hybridized carbons (Fsp3) is 0.333. The van der Waals surface area contributed by atoms with Crippen molar-refractivity contribution < 1.29 is 8.42 Å². The summed E-state index contributed by atoms with van der Waals surface area (Å²) in [6, 6.07) is 6.93. The van der Waals surface area contributed by atoms with Crippen molar-refractivity contribution in [2.75, 3.05) is 17.6 Å². The summed E-state index contributed by atoms with van der Waals surface area (Å²) >= 11 is 3.23. The summed E-state index contributed by atoms with van der Waals surface area (Å²) in [5.74, 6) is 0.168. The number of halogens is 1. The summed E-state index contributed by atoms with van der Waals surface area (Å²) < 4.78 is 24.8. The Hall–Kier alpha value is -0.810. The third kappa shape index (κ3) is 4.16. The van der Waals surface area contributed by atoms with Gasteiger partial charge in [0.1, 0.15) is 0 Å². The maximum Gasteiger partial charge on any atom is 0.180 e. The molecule has 0 unspecified atom stereocenters. The van der Waals surface area contributed by atoms with Crippen LogP contribution in [-0.4, -0.2) is 20.7 Å². The van der Waals surface area contributed by atoms with Crippen LogP contribution < -0.4 is 5.32 Å². The monoisotopic (exact) mass is 317 g/mol. The first-order valence-corrected chi connectivity index (χ1v) is 7.81. The minimum atomic E-state index is -3.20. The van der Waals surface area contributed by atoms with Gasteiger partial charge in [-0.3, -0.25) is 0 Å². The molecule has 5 heteroatoms. The van der Waals surface area contributed by atoms with Crippen LogP contribution in [0.3, 0.4) is 0 Å². The van der Waals surface area contributed by atoms with E-state index < -0.39 is 9.84 Å². The summed E-state index contributed by atoms with van der Waals surface area (Å²) in [5.41, 5.74) is 0.626. The zero-order chi connectivity index (χ0) is 12.9. The van der Waals surface area contributed by atoms with Gasteiger partial charge in [0.05, 0.1) is 16.3 Å². The first kappa shape index (κ1) is 14.3. The second-order valence-electron chi connectivity index (χ2n) is 3.69. The summed E-state index contributed by atoms with van der Waals surface area (Å²) in [5, 5.41) is 3.05. The molecule has 0 atom stereocenters. The second-order valence-corrected chi connectivity index (χ2v) is 6.88. The molecule has 0 aliphatic rings. The van der Waals surface area contributed by atoms with Crippen molar-refractivity contribution in [2.24, 2.45) is 0 Å². The van der Waals surface area contributed by atoms with E-state index in [9.17, 15) is 8.42 Å². The van der Waals surface area contributed by atoms with Gasteiger partial charge in [-0.25, -0.2) is 8.42 Å². The van der Waals surface area contributed by atoms with Gasteiger partial charge in [-0.05, 0) is 18.6 Å². The predicted molar refractivity (Wildman–Crippen MR) is 75.3 cm³/mol. The Kier molecular flexibility index (Phi) is 5.21. The Morgan fingerprint density at radius 2 is 2.06 bits per heavy atom. The molecule has 0 radical (unpaired) electrons. The maximum absolute atomic E-state index is 12.0. The van der Waals surface area contributed by atoms with Crippen molar-refractivity contribution in [3.05, 3.63) is 35.3 Å². The lowest BCUT2D eigenvalue weighted by molar-refractivity contribution is 0.595. The maximum atomic E-state index is 12.0. The summed E-state index contributed by atoms with van der Waals surface area (Å²) in [4.78, 5) is 0.357. The zero-order valence-electron chi connectivity index (χ0n) is 9.74. The Balaban J connectivity index is 3.03. The SMILES string of the molecule is C=C(Br)CNc1ccccc1S(=O)(=O)CCC. The van der Waals surface area contributed by atoms with E-state index in [0.717, 1.165) is 4.48 Å². The Morgan fingerprint density at radius 1 is 1.41 bits per heavy atom. The standard InChI is InChI=1S/C12H16BrNO2S/c1-3-8-17(15,16)12-7-5-4-6-11(12)14-9-10(2)13/h4-7,14H,2-3,8-9H2,1H3. The van der Waals surface area contributed by atoms with Gasteiger partial charge >= 0.3 is 0 Å². The molecule has 0 saturated carbocycles. The van der Waals surface area contributed by atoms with E-state index in [-0.39, 0.29) is 5.75 Å². The van der Waals surface area contributed by atoms with E-state index in [1.165, 1.54) is 0 Å². The van der Waals surface area contributed by atoms with E-state index in [1.54, 1.807) is 18.2 Å². The minimum absolute atomic E-state index is 0.168. The van der Waals surface area contributed by atoms with Crippen LogP contribution in [0.2, 0.25) is 0 Å². The number of hydrogen-bond acceptors (Lipinski definition) is 3. The molecule has 3 nitrogen and oxygen atoms in total. The second kappa shape index (κ2) is 6.21. The van der Waals surface area contributed by atoms with Gasteiger partial charge in [0, 0.05) is 11.0 Å². The van der Waals surface area contributed by atoms with Gasteiger partial charge in [-0.2, -0.15) is 0 Å². The van der Waals surface area contributed by atoms with E-state index in [0.29, 0.717) is 23.5 Å². The first-order chi connectivity index (χ1) is 7.97. The Labute approximate surface area is 111 Å². The quantitative estimate of drug-likeness (QED) is 0.876. The van der Waals surface area contributed by atoms with Crippen LogP contribution in [0.1, 0.15) is 13.3 Å². The fourth-order valence-electron chi connectivity index (χ4n) is 1.45.